The van der Waals surface area contributed by atoms with Gasteiger partial charge in [0.1, 0.15) is 5.82 Å². The first-order valence-electron chi connectivity index (χ1n) is 8.42. The molecule has 0 fully saturated rings. The van der Waals surface area contributed by atoms with Gasteiger partial charge in [0.2, 0.25) is 0 Å². The van der Waals surface area contributed by atoms with E-state index in [0.717, 1.165) is 37.6 Å². The summed E-state index contributed by atoms with van der Waals surface area (Å²) in [5.74, 6) is 2.50. The number of aromatic nitrogens is 4. The predicted molar refractivity (Wildman–Crippen MR) is 91.4 cm³/mol. The number of aromatic amines is 1. The fraction of sp³-hybridized carbons (Fsp3) is 0.444. The second kappa shape index (κ2) is 5.81. The summed E-state index contributed by atoms with van der Waals surface area (Å²) in [6.45, 7) is 6.10. The van der Waals surface area contributed by atoms with Crippen LogP contribution in [0.3, 0.4) is 0 Å². The highest BCUT2D eigenvalue weighted by Gasteiger charge is 2.22. The molecule has 0 radical (unpaired) electrons. The van der Waals surface area contributed by atoms with Crippen molar-refractivity contribution in [2.45, 2.75) is 51.7 Å². The third-order valence-electron chi connectivity index (χ3n) is 4.66. The number of aryl methyl sites for hydroxylation is 1. The van der Waals surface area contributed by atoms with Gasteiger partial charge in [0.15, 0.2) is 5.82 Å². The van der Waals surface area contributed by atoms with Gasteiger partial charge >= 0.3 is 0 Å². The number of hydrogen-bond acceptors (Lipinski definition) is 3. The lowest BCUT2D eigenvalue weighted by Gasteiger charge is -2.23. The van der Waals surface area contributed by atoms with Gasteiger partial charge in [-0.15, -0.1) is 0 Å². The van der Waals surface area contributed by atoms with E-state index >= 15 is 0 Å². The van der Waals surface area contributed by atoms with Crippen molar-refractivity contribution in [1.29, 1.82) is 0 Å². The van der Waals surface area contributed by atoms with E-state index in [1.807, 2.05) is 6.20 Å². The number of hydrogen-bond donors (Lipinski definition) is 2. The topological polar surface area (TPSA) is 58.5 Å². The Kier molecular flexibility index (Phi) is 3.65. The van der Waals surface area contributed by atoms with Crippen LogP contribution >= 0.6 is 0 Å². The highest BCUT2D eigenvalue weighted by molar-refractivity contribution is 5.82. The summed E-state index contributed by atoms with van der Waals surface area (Å²) in [4.78, 5) is 7.93. The summed E-state index contributed by atoms with van der Waals surface area (Å²) in [5.41, 5.74) is 2.55. The molecule has 0 amide bonds. The van der Waals surface area contributed by atoms with Gasteiger partial charge in [-0.05, 0) is 24.1 Å². The Morgan fingerprint density at radius 1 is 1.35 bits per heavy atom. The van der Waals surface area contributed by atoms with Crippen molar-refractivity contribution in [1.82, 2.24) is 25.1 Å². The van der Waals surface area contributed by atoms with Crippen LogP contribution in [0.25, 0.3) is 10.9 Å². The first-order chi connectivity index (χ1) is 11.2. The number of nitrogens with zero attached hydrogens (tertiary/aromatic N) is 3. The molecule has 1 unspecified atom stereocenters. The minimum absolute atomic E-state index is 0.394. The first-order valence-corrected chi connectivity index (χ1v) is 8.42. The lowest BCUT2D eigenvalue weighted by atomic mass is 10.1. The minimum atomic E-state index is 0.394. The standard InChI is InChI=1S/C18H23N5/c1-12(2)18-21-17-7-6-14(11-23(17)22-18)20-10-13-4-3-5-16-15(13)8-9-19-16/h3-5,8-9,12,14,19-20H,6-7,10-11H2,1-2H3. The molecule has 5 nitrogen and oxygen atoms in total. The Morgan fingerprint density at radius 3 is 3.13 bits per heavy atom. The second-order valence-corrected chi connectivity index (χ2v) is 6.70. The van der Waals surface area contributed by atoms with E-state index in [9.17, 15) is 0 Å². The molecule has 5 heteroatoms. The molecule has 2 aromatic heterocycles. The van der Waals surface area contributed by atoms with E-state index in [1.165, 1.54) is 16.5 Å². The third kappa shape index (κ3) is 2.77. The summed E-state index contributed by atoms with van der Waals surface area (Å²) < 4.78 is 2.09. The molecule has 1 aromatic carbocycles. The van der Waals surface area contributed by atoms with Gasteiger partial charge in [-0.2, -0.15) is 5.10 Å². The first kappa shape index (κ1) is 14.5. The molecule has 1 aliphatic rings. The molecule has 0 bridgehead atoms. The second-order valence-electron chi connectivity index (χ2n) is 6.70. The van der Waals surface area contributed by atoms with E-state index in [4.69, 9.17) is 0 Å². The number of rotatable bonds is 4. The normalized spacial score (nSPS) is 17.8. The third-order valence-corrected chi connectivity index (χ3v) is 4.66. The summed E-state index contributed by atoms with van der Waals surface area (Å²) in [6, 6.07) is 9.04. The molecule has 0 spiro atoms. The maximum Gasteiger partial charge on any atom is 0.153 e. The van der Waals surface area contributed by atoms with E-state index in [2.05, 4.69) is 63.2 Å². The maximum atomic E-state index is 4.66. The van der Waals surface area contributed by atoms with Crippen LogP contribution in [0.1, 0.15) is 43.4 Å². The fourth-order valence-corrected chi connectivity index (χ4v) is 3.30. The molecule has 1 atom stereocenters. The zero-order valence-corrected chi connectivity index (χ0v) is 13.7. The molecule has 0 aliphatic carbocycles. The smallest absolute Gasteiger partial charge is 0.153 e. The molecule has 3 heterocycles. The number of fused-ring (bicyclic) bond motifs is 2. The molecular formula is C18H23N5. The van der Waals surface area contributed by atoms with E-state index in [1.54, 1.807) is 0 Å². The van der Waals surface area contributed by atoms with Crippen LogP contribution in [0.15, 0.2) is 30.5 Å². The molecular weight excluding hydrogens is 286 g/mol. The van der Waals surface area contributed by atoms with Crippen LogP contribution in [0, 0.1) is 0 Å². The molecule has 0 saturated heterocycles. The minimum Gasteiger partial charge on any atom is -0.361 e. The Labute approximate surface area is 136 Å². The molecule has 1 aliphatic heterocycles. The number of benzene rings is 1. The fourth-order valence-electron chi connectivity index (χ4n) is 3.30. The van der Waals surface area contributed by atoms with Crippen molar-refractivity contribution in [2.75, 3.05) is 0 Å². The monoisotopic (exact) mass is 309 g/mol. The lowest BCUT2D eigenvalue weighted by Crippen LogP contribution is -2.37. The van der Waals surface area contributed by atoms with Crippen molar-refractivity contribution in [3.05, 3.63) is 47.7 Å². The molecule has 3 aromatic rings. The van der Waals surface area contributed by atoms with Gasteiger partial charge in [-0.25, -0.2) is 9.67 Å². The molecule has 120 valence electrons. The van der Waals surface area contributed by atoms with Crippen LogP contribution in [0.2, 0.25) is 0 Å². The van der Waals surface area contributed by atoms with Crippen LogP contribution in [0.4, 0.5) is 0 Å². The summed E-state index contributed by atoms with van der Waals surface area (Å²) in [5, 5.41) is 9.66. The average Bonchev–Trinajstić information content (AvgIpc) is 3.18. The number of H-pyrrole nitrogens is 1. The van der Waals surface area contributed by atoms with Crippen LogP contribution in [-0.2, 0) is 19.5 Å². The van der Waals surface area contributed by atoms with Crippen molar-refractivity contribution >= 4 is 10.9 Å². The van der Waals surface area contributed by atoms with Crippen molar-refractivity contribution < 1.29 is 0 Å². The average molecular weight is 309 g/mol. The Hall–Kier alpha value is -2.14. The van der Waals surface area contributed by atoms with E-state index in [0.29, 0.717) is 12.0 Å². The van der Waals surface area contributed by atoms with Crippen LogP contribution in [-0.4, -0.2) is 25.8 Å². The highest BCUT2D eigenvalue weighted by atomic mass is 15.4. The molecule has 2 N–H and O–H groups in total. The molecule has 23 heavy (non-hydrogen) atoms. The Balaban J connectivity index is 1.45. The zero-order valence-electron chi connectivity index (χ0n) is 13.7. The van der Waals surface area contributed by atoms with Gasteiger partial charge in [0.05, 0.1) is 6.54 Å². The molecule has 4 rings (SSSR count). The van der Waals surface area contributed by atoms with Gasteiger partial charge in [0.25, 0.3) is 0 Å². The van der Waals surface area contributed by atoms with Crippen LogP contribution < -0.4 is 5.32 Å². The lowest BCUT2D eigenvalue weighted by molar-refractivity contribution is 0.357. The summed E-state index contributed by atoms with van der Waals surface area (Å²) in [7, 11) is 0. The summed E-state index contributed by atoms with van der Waals surface area (Å²) in [6.07, 6.45) is 4.13. The zero-order chi connectivity index (χ0) is 15.8. The SMILES string of the molecule is CC(C)c1nc2n(n1)CC(NCc1cccc3[nH]ccc13)CC2. The van der Waals surface area contributed by atoms with Gasteiger partial charge < -0.3 is 10.3 Å². The highest BCUT2D eigenvalue weighted by Crippen LogP contribution is 2.19. The number of nitrogens with one attached hydrogen (secondary N) is 2. The van der Waals surface area contributed by atoms with Crippen molar-refractivity contribution in [3.63, 3.8) is 0 Å². The largest absolute Gasteiger partial charge is 0.361 e. The van der Waals surface area contributed by atoms with Crippen molar-refractivity contribution in [2.24, 2.45) is 0 Å². The summed E-state index contributed by atoms with van der Waals surface area (Å²) >= 11 is 0. The maximum absolute atomic E-state index is 4.66. The van der Waals surface area contributed by atoms with Gasteiger partial charge in [-0.1, -0.05) is 26.0 Å². The Morgan fingerprint density at radius 2 is 2.26 bits per heavy atom. The quantitative estimate of drug-likeness (QED) is 0.779. The molecule has 0 saturated carbocycles. The van der Waals surface area contributed by atoms with E-state index in [-0.39, 0.29) is 0 Å². The van der Waals surface area contributed by atoms with Crippen molar-refractivity contribution in [3.8, 4) is 0 Å². The predicted octanol–water partition coefficient (Wildman–Crippen LogP) is 2.99. The van der Waals surface area contributed by atoms with Gasteiger partial charge in [0, 0.05) is 42.0 Å². The van der Waals surface area contributed by atoms with E-state index < -0.39 is 0 Å². The Bertz CT molecular complexity index is 814. The van der Waals surface area contributed by atoms with Crippen LogP contribution in [0.5, 0.6) is 0 Å². The van der Waals surface area contributed by atoms with Gasteiger partial charge in [-0.3, -0.25) is 0 Å².